The highest BCUT2D eigenvalue weighted by molar-refractivity contribution is 5.73. The van der Waals surface area contributed by atoms with E-state index in [0.717, 1.165) is 16.8 Å². The number of benzene rings is 1. The molecule has 1 aromatic carbocycles. The summed E-state index contributed by atoms with van der Waals surface area (Å²) in [7, 11) is 1.66. The maximum Gasteiger partial charge on any atom is 0.323 e. The molecule has 0 fully saturated rings. The number of anilines is 1. The molecule has 0 amide bonds. The van der Waals surface area contributed by atoms with Gasteiger partial charge in [0.1, 0.15) is 6.54 Å². The molecule has 0 saturated carbocycles. The van der Waals surface area contributed by atoms with Crippen LogP contribution in [0.1, 0.15) is 5.56 Å². The molecule has 0 radical (unpaired) electrons. The van der Waals surface area contributed by atoms with Gasteiger partial charge in [0, 0.05) is 18.8 Å². The van der Waals surface area contributed by atoms with Gasteiger partial charge in [0.2, 0.25) is 5.95 Å². The molecule has 98 valence electrons. The van der Waals surface area contributed by atoms with E-state index in [1.165, 1.54) is 4.90 Å². The average molecular weight is 257 g/mol. The van der Waals surface area contributed by atoms with E-state index in [4.69, 9.17) is 5.11 Å². The molecule has 2 rings (SSSR count). The molecule has 0 unspecified atom stereocenters. The highest BCUT2D eigenvalue weighted by Crippen LogP contribution is 2.21. The van der Waals surface area contributed by atoms with Crippen LogP contribution in [0.3, 0.4) is 0 Å². The molecule has 0 bridgehead atoms. The van der Waals surface area contributed by atoms with Crippen molar-refractivity contribution in [3.8, 4) is 11.3 Å². The number of carboxylic acid groups (broad SMARTS) is 1. The van der Waals surface area contributed by atoms with Gasteiger partial charge in [-0.25, -0.2) is 9.97 Å². The summed E-state index contributed by atoms with van der Waals surface area (Å²) in [6, 6.07) is 9.74. The maximum absolute atomic E-state index is 10.7. The number of carbonyl (C=O) groups is 1. The minimum atomic E-state index is -0.910. The monoisotopic (exact) mass is 257 g/mol. The predicted octanol–water partition coefficient (Wildman–Crippen LogP) is 1.97. The van der Waals surface area contributed by atoms with E-state index < -0.39 is 5.97 Å². The quantitative estimate of drug-likeness (QED) is 0.907. The zero-order valence-corrected chi connectivity index (χ0v) is 10.9. The predicted molar refractivity (Wildman–Crippen MR) is 73.1 cm³/mol. The molecule has 0 saturated heterocycles. The number of hydrogen-bond donors (Lipinski definition) is 1. The largest absolute Gasteiger partial charge is 0.480 e. The molecule has 0 atom stereocenters. The van der Waals surface area contributed by atoms with Crippen LogP contribution in [0.4, 0.5) is 5.95 Å². The Hall–Kier alpha value is -2.43. The molecule has 19 heavy (non-hydrogen) atoms. The van der Waals surface area contributed by atoms with Crippen LogP contribution in [0.15, 0.2) is 36.5 Å². The lowest BCUT2D eigenvalue weighted by Gasteiger charge is -2.15. The Morgan fingerprint density at radius 1 is 1.32 bits per heavy atom. The van der Waals surface area contributed by atoms with E-state index >= 15 is 0 Å². The number of nitrogens with zero attached hydrogens (tertiary/aromatic N) is 3. The molecular formula is C14H15N3O2. The van der Waals surface area contributed by atoms with Crippen molar-refractivity contribution < 1.29 is 9.90 Å². The lowest BCUT2D eigenvalue weighted by atomic mass is 10.1. The van der Waals surface area contributed by atoms with E-state index in [9.17, 15) is 4.79 Å². The molecule has 0 spiro atoms. The van der Waals surface area contributed by atoms with Crippen molar-refractivity contribution in [2.45, 2.75) is 6.92 Å². The van der Waals surface area contributed by atoms with Crippen molar-refractivity contribution in [2.75, 3.05) is 18.5 Å². The number of likely N-dealkylation sites (N-methyl/N-ethyl adjacent to an activating group) is 1. The first-order valence-electron chi connectivity index (χ1n) is 5.90. The fourth-order valence-corrected chi connectivity index (χ4v) is 1.82. The zero-order valence-electron chi connectivity index (χ0n) is 10.9. The molecule has 0 aliphatic heterocycles. The Bertz CT molecular complexity index is 599. The van der Waals surface area contributed by atoms with Gasteiger partial charge in [-0.1, -0.05) is 24.3 Å². The summed E-state index contributed by atoms with van der Waals surface area (Å²) in [4.78, 5) is 20.7. The number of aryl methyl sites for hydroxylation is 1. The third-order valence-electron chi connectivity index (χ3n) is 2.78. The minimum absolute atomic E-state index is 0.128. The summed E-state index contributed by atoms with van der Waals surface area (Å²) in [6.07, 6.45) is 1.64. The Kier molecular flexibility index (Phi) is 3.75. The third-order valence-corrected chi connectivity index (χ3v) is 2.78. The number of carboxylic acids is 1. The van der Waals surface area contributed by atoms with E-state index in [1.54, 1.807) is 13.2 Å². The summed E-state index contributed by atoms with van der Waals surface area (Å²) in [5.41, 5.74) is 2.93. The first kappa shape index (κ1) is 13.0. The van der Waals surface area contributed by atoms with Crippen molar-refractivity contribution in [2.24, 2.45) is 0 Å². The third kappa shape index (κ3) is 3.07. The summed E-state index contributed by atoms with van der Waals surface area (Å²) in [5, 5.41) is 8.78. The highest BCUT2D eigenvalue weighted by Gasteiger charge is 2.10. The van der Waals surface area contributed by atoms with Gasteiger partial charge in [-0.3, -0.25) is 4.79 Å². The summed E-state index contributed by atoms with van der Waals surface area (Å²) in [5.74, 6) is -0.504. The lowest BCUT2D eigenvalue weighted by molar-refractivity contribution is -0.135. The highest BCUT2D eigenvalue weighted by atomic mass is 16.4. The Labute approximate surface area is 111 Å². The standard InChI is InChI=1S/C14H15N3O2/c1-10-5-3-4-6-11(10)12-7-8-15-14(16-12)17(2)9-13(18)19/h3-8H,9H2,1-2H3,(H,18,19). The van der Waals surface area contributed by atoms with Gasteiger partial charge < -0.3 is 10.0 Å². The summed E-state index contributed by atoms with van der Waals surface area (Å²) < 4.78 is 0. The van der Waals surface area contributed by atoms with Gasteiger partial charge in [-0.2, -0.15) is 0 Å². The number of hydrogen-bond acceptors (Lipinski definition) is 4. The SMILES string of the molecule is Cc1ccccc1-c1ccnc(N(C)CC(=O)O)n1. The van der Waals surface area contributed by atoms with Crippen molar-refractivity contribution in [3.05, 3.63) is 42.1 Å². The van der Waals surface area contributed by atoms with Crippen molar-refractivity contribution in [1.29, 1.82) is 0 Å². The maximum atomic E-state index is 10.7. The molecule has 5 heteroatoms. The van der Waals surface area contributed by atoms with E-state index in [2.05, 4.69) is 9.97 Å². The number of rotatable bonds is 4. The smallest absolute Gasteiger partial charge is 0.323 e. The normalized spacial score (nSPS) is 10.2. The van der Waals surface area contributed by atoms with Gasteiger partial charge in [0.25, 0.3) is 0 Å². The van der Waals surface area contributed by atoms with Crippen LogP contribution in [0, 0.1) is 6.92 Å². The van der Waals surface area contributed by atoms with Crippen LogP contribution < -0.4 is 4.90 Å². The molecule has 1 heterocycles. The second-order valence-electron chi connectivity index (χ2n) is 4.31. The average Bonchev–Trinajstić information content (AvgIpc) is 2.38. The Balaban J connectivity index is 2.34. The topological polar surface area (TPSA) is 66.3 Å². The van der Waals surface area contributed by atoms with Crippen LogP contribution >= 0.6 is 0 Å². The Morgan fingerprint density at radius 3 is 2.74 bits per heavy atom. The number of aliphatic carboxylic acids is 1. The van der Waals surface area contributed by atoms with Crippen LogP contribution in [-0.4, -0.2) is 34.6 Å². The molecule has 2 aromatic rings. The molecular weight excluding hydrogens is 242 g/mol. The molecule has 0 aliphatic carbocycles. The first-order valence-corrected chi connectivity index (χ1v) is 5.90. The van der Waals surface area contributed by atoms with Crippen molar-refractivity contribution in [3.63, 3.8) is 0 Å². The fraction of sp³-hybridized carbons (Fsp3) is 0.214. The van der Waals surface area contributed by atoms with E-state index in [0.29, 0.717) is 5.95 Å². The van der Waals surface area contributed by atoms with Gasteiger partial charge in [-0.15, -0.1) is 0 Å². The summed E-state index contributed by atoms with van der Waals surface area (Å²) >= 11 is 0. The molecule has 0 aliphatic rings. The zero-order chi connectivity index (χ0) is 13.8. The second kappa shape index (κ2) is 5.48. The van der Waals surface area contributed by atoms with E-state index in [1.807, 2.05) is 37.3 Å². The van der Waals surface area contributed by atoms with Gasteiger partial charge in [0.15, 0.2) is 0 Å². The molecule has 1 aromatic heterocycles. The second-order valence-corrected chi connectivity index (χ2v) is 4.31. The molecule has 5 nitrogen and oxygen atoms in total. The summed E-state index contributed by atoms with van der Waals surface area (Å²) in [6.45, 7) is 1.88. The molecule has 1 N–H and O–H groups in total. The van der Waals surface area contributed by atoms with Crippen LogP contribution in [0.5, 0.6) is 0 Å². The van der Waals surface area contributed by atoms with Gasteiger partial charge in [0.05, 0.1) is 5.69 Å². The first-order chi connectivity index (χ1) is 9.08. The van der Waals surface area contributed by atoms with Gasteiger partial charge in [-0.05, 0) is 18.6 Å². The van der Waals surface area contributed by atoms with Crippen LogP contribution in [-0.2, 0) is 4.79 Å². The van der Waals surface area contributed by atoms with Crippen molar-refractivity contribution >= 4 is 11.9 Å². The van der Waals surface area contributed by atoms with Crippen LogP contribution in [0.2, 0.25) is 0 Å². The lowest BCUT2D eigenvalue weighted by Crippen LogP contribution is -2.26. The van der Waals surface area contributed by atoms with Crippen molar-refractivity contribution in [1.82, 2.24) is 9.97 Å². The van der Waals surface area contributed by atoms with Gasteiger partial charge >= 0.3 is 5.97 Å². The fourth-order valence-electron chi connectivity index (χ4n) is 1.82. The Morgan fingerprint density at radius 2 is 2.05 bits per heavy atom. The minimum Gasteiger partial charge on any atom is -0.480 e. The number of aromatic nitrogens is 2. The van der Waals surface area contributed by atoms with E-state index in [-0.39, 0.29) is 6.54 Å². The van der Waals surface area contributed by atoms with Crippen LogP contribution in [0.25, 0.3) is 11.3 Å².